The van der Waals surface area contributed by atoms with Gasteiger partial charge in [-0.1, -0.05) is 77.2 Å². The Morgan fingerprint density at radius 2 is 1.40 bits per heavy atom. The Bertz CT molecular complexity index is 209. The van der Waals surface area contributed by atoms with Crippen molar-refractivity contribution >= 4 is 0 Å². The summed E-state index contributed by atoms with van der Waals surface area (Å²) in [7, 11) is 0. The van der Waals surface area contributed by atoms with E-state index in [9.17, 15) is 0 Å². The number of hydrogen-bond acceptors (Lipinski definition) is 2. The Balaban J connectivity index is 3.75. The molecule has 0 saturated heterocycles. The first-order valence-corrected chi connectivity index (χ1v) is 8.35. The first-order valence-electron chi connectivity index (χ1n) is 8.35. The van der Waals surface area contributed by atoms with Crippen molar-refractivity contribution in [1.29, 1.82) is 0 Å². The topological polar surface area (TPSA) is 18.5 Å². The summed E-state index contributed by atoms with van der Waals surface area (Å²) in [5, 5.41) is 0. The lowest BCUT2D eigenvalue weighted by Crippen LogP contribution is -2.18. The Morgan fingerprint density at radius 3 is 1.85 bits per heavy atom. The van der Waals surface area contributed by atoms with E-state index in [4.69, 9.17) is 9.47 Å². The molecule has 0 aliphatic rings. The fourth-order valence-electron chi connectivity index (χ4n) is 1.96. The van der Waals surface area contributed by atoms with Gasteiger partial charge in [-0.05, 0) is 12.8 Å². The van der Waals surface area contributed by atoms with E-state index in [2.05, 4.69) is 26.5 Å². The van der Waals surface area contributed by atoms with E-state index in [0.29, 0.717) is 0 Å². The highest BCUT2D eigenvalue weighted by Gasteiger charge is 2.07. The van der Waals surface area contributed by atoms with Gasteiger partial charge in [0.25, 0.3) is 0 Å². The van der Waals surface area contributed by atoms with E-state index in [1.165, 1.54) is 38.5 Å². The molecular weight excluding hydrogens is 248 g/mol. The van der Waals surface area contributed by atoms with E-state index in [-0.39, 0.29) is 6.29 Å². The minimum absolute atomic E-state index is 0.0885. The molecule has 0 rings (SSSR count). The van der Waals surface area contributed by atoms with Crippen LogP contribution in [0.15, 0.2) is 24.8 Å². The van der Waals surface area contributed by atoms with Crippen LogP contribution in [0.2, 0.25) is 0 Å². The summed E-state index contributed by atoms with van der Waals surface area (Å²) >= 11 is 0. The van der Waals surface area contributed by atoms with E-state index in [0.717, 1.165) is 32.5 Å². The molecule has 0 aliphatic heterocycles. The highest BCUT2D eigenvalue weighted by atomic mass is 16.7. The van der Waals surface area contributed by atoms with E-state index < -0.39 is 0 Å². The van der Waals surface area contributed by atoms with Crippen LogP contribution in [0.4, 0.5) is 0 Å². The van der Waals surface area contributed by atoms with Gasteiger partial charge in [-0.2, -0.15) is 0 Å². The molecule has 0 unspecified atom stereocenters. The van der Waals surface area contributed by atoms with Crippen molar-refractivity contribution in [3.05, 3.63) is 24.8 Å². The van der Waals surface area contributed by atoms with Crippen molar-refractivity contribution in [2.45, 2.75) is 77.9 Å². The first kappa shape index (κ1) is 19.4. The monoisotopic (exact) mass is 282 g/mol. The van der Waals surface area contributed by atoms with Gasteiger partial charge in [-0.15, -0.1) is 0 Å². The van der Waals surface area contributed by atoms with Crippen LogP contribution in [0.1, 0.15) is 71.6 Å². The standard InChI is InChI=1S/C18H34O2/c1-4-7-10-13-16-19-18(15-12-9-6-3)20-17-14-11-8-5-2/h6,9,12,18H,3-5,7-8,10-11,13-17H2,1-2H3/b12-9-. The summed E-state index contributed by atoms with van der Waals surface area (Å²) in [6, 6.07) is 0. The normalized spacial score (nSPS) is 11.6. The van der Waals surface area contributed by atoms with Crippen LogP contribution in [0.3, 0.4) is 0 Å². The average Bonchev–Trinajstić information content (AvgIpc) is 2.46. The van der Waals surface area contributed by atoms with Crippen LogP contribution in [0.5, 0.6) is 0 Å². The van der Waals surface area contributed by atoms with Crippen molar-refractivity contribution < 1.29 is 9.47 Å². The molecule has 2 heteroatoms. The molecule has 0 heterocycles. The van der Waals surface area contributed by atoms with Gasteiger partial charge in [0.1, 0.15) is 0 Å². The summed E-state index contributed by atoms with van der Waals surface area (Å²) in [6.07, 6.45) is 16.4. The zero-order chi connectivity index (χ0) is 14.9. The zero-order valence-electron chi connectivity index (χ0n) is 13.6. The molecule has 0 aromatic rings. The summed E-state index contributed by atoms with van der Waals surface area (Å²) in [4.78, 5) is 0. The van der Waals surface area contributed by atoms with Crippen LogP contribution in [0.25, 0.3) is 0 Å². The fraction of sp³-hybridized carbons (Fsp3) is 0.778. The van der Waals surface area contributed by atoms with Crippen LogP contribution in [0, 0.1) is 0 Å². The fourth-order valence-corrected chi connectivity index (χ4v) is 1.96. The minimum atomic E-state index is -0.0885. The molecular formula is C18H34O2. The third-order valence-electron chi connectivity index (χ3n) is 3.20. The maximum atomic E-state index is 5.83. The highest BCUT2D eigenvalue weighted by molar-refractivity contribution is 4.97. The van der Waals surface area contributed by atoms with Gasteiger partial charge in [0.05, 0.1) is 0 Å². The van der Waals surface area contributed by atoms with Crippen molar-refractivity contribution in [3.8, 4) is 0 Å². The van der Waals surface area contributed by atoms with Crippen LogP contribution < -0.4 is 0 Å². The molecule has 0 atom stereocenters. The van der Waals surface area contributed by atoms with E-state index >= 15 is 0 Å². The Morgan fingerprint density at radius 1 is 0.850 bits per heavy atom. The molecule has 0 fully saturated rings. The zero-order valence-corrected chi connectivity index (χ0v) is 13.6. The van der Waals surface area contributed by atoms with Crippen molar-refractivity contribution in [3.63, 3.8) is 0 Å². The summed E-state index contributed by atoms with van der Waals surface area (Å²) in [5.41, 5.74) is 0. The second-order valence-electron chi connectivity index (χ2n) is 5.19. The van der Waals surface area contributed by atoms with Gasteiger partial charge in [0, 0.05) is 19.6 Å². The molecule has 0 aromatic carbocycles. The van der Waals surface area contributed by atoms with E-state index in [1.807, 2.05) is 6.08 Å². The SMILES string of the molecule is C=C/C=C\CC(OCCCCCC)OCCCCCC. The quantitative estimate of drug-likeness (QED) is 0.220. The predicted octanol–water partition coefficient (Wildman–Crippen LogP) is 5.64. The van der Waals surface area contributed by atoms with Crippen molar-refractivity contribution in [1.82, 2.24) is 0 Å². The van der Waals surface area contributed by atoms with Crippen LogP contribution in [-0.4, -0.2) is 19.5 Å². The number of unbranched alkanes of at least 4 members (excludes halogenated alkanes) is 6. The lowest BCUT2D eigenvalue weighted by Gasteiger charge is -2.17. The molecule has 0 aliphatic carbocycles. The van der Waals surface area contributed by atoms with Gasteiger partial charge in [-0.3, -0.25) is 0 Å². The summed E-state index contributed by atoms with van der Waals surface area (Å²) < 4.78 is 11.7. The Kier molecular flexibility index (Phi) is 16.0. The second kappa shape index (κ2) is 16.5. The Hall–Kier alpha value is -0.600. The largest absolute Gasteiger partial charge is 0.352 e. The molecule has 0 N–H and O–H groups in total. The van der Waals surface area contributed by atoms with Gasteiger partial charge in [0.2, 0.25) is 0 Å². The lowest BCUT2D eigenvalue weighted by molar-refractivity contribution is -0.141. The van der Waals surface area contributed by atoms with Crippen molar-refractivity contribution in [2.75, 3.05) is 13.2 Å². The summed E-state index contributed by atoms with van der Waals surface area (Å²) in [6.45, 7) is 9.75. The van der Waals surface area contributed by atoms with Gasteiger partial charge in [0.15, 0.2) is 6.29 Å². The maximum Gasteiger partial charge on any atom is 0.160 e. The average molecular weight is 282 g/mol. The van der Waals surface area contributed by atoms with E-state index in [1.54, 1.807) is 6.08 Å². The number of allylic oxidation sites excluding steroid dienone is 2. The number of rotatable bonds is 15. The molecule has 118 valence electrons. The third-order valence-corrected chi connectivity index (χ3v) is 3.20. The number of hydrogen-bond donors (Lipinski definition) is 0. The Labute approximate surface area is 126 Å². The summed E-state index contributed by atoms with van der Waals surface area (Å²) in [5.74, 6) is 0. The molecule has 0 aromatic heterocycles. The lowest BCUT2D eigenvalue weighted by atomic mass is 10.2. The maximum absolute atomic E-state index is 5.83. The molecule has 0 bridgehead atoms. The van der Waals surface area contributed by atoms with Crippen LogP contribution >= 0.6 is 0 Å². The molecule has 0 amide bonds. The molecule has 20 heavy (non-hydrogen) atoms. The highest BCUT2D eigenvalue weighted by Crippen LogP contribution is 2.08. The predicted molar refractivity (Wildman–Crippen MR) is 87.9 cm³/mol. The second-order valence-corrected chi connectivity index (χ2v) is 5.19. The molecule has 0 saturated carbocycles. The smallest absolute Gasteiger partial charge is 0.160 e. The minimum Gasteiger partial charge on any atom is -0.352 e. The van der Waals surface area contributed by atoms with Crippen molar-refractivity contribution in [2.24, 2.45) is 0 Å². The number of ether oxygens (including phenoxy) is 2. The van der Waals surface area contributed by atoms with Gasteiger partial charge >= 0.3 is 0 Å². The molecule has 2 nitrogen and oxygen atoms in total. The molecule has 0 spiro atoms. The van der Waals surface area contributed by atoms with Crippen LogP contribution in [-0.2, 0) is 9.47 Å². The molecule has 0 radical (unpaired) electrons. The van der Waals surface area contributed by atoms with Gasteiger partial charge in [-0.25, -0.2) is 0 Å². The third kappa shape index (κ3) is 13.8. The van der Waals surface area contributed by atoms with Gasteiger partial charge < -0.3 is 9.47 Å². The first-order chi connectivity index (χ1) is 9.85.